The summed E-state index contributed by atoms with van der Waals surface area (Å²) < 4.78 is 75.7. The molecule has 0 rings (SSSR count). The van der Waals surface area contributed by atoms with E-state index in [0.717, 1.165) is 0 Å². The van der Waals surface area contributed by atoms with E-state index in [9.17, 15) is 26.3 Å². The predicted octanol–water partition coefficient (Wildman–Crippen LogP) is 3.72. The molecule has 0 aliphatic heterocycles. The first-order valence-electron chi connectivity index (χ1n) is 4.54. The fourth-order valence-electron chi connectivity index (χ4n) is 0.845. The second-order valence-corrected chi connectivity index (χ2v) is 3.23. The van der Waals surface area contributed by atoms with E-state index in [-0.39, 0.29) is 0 Å². The molecule has 0 aliphatic carbocycles. The zero-order valence-electron chi connectivity index (χ0n) is 9.14. The lowest BCUT2D eigenvalue weighted by molar-refractivity contribution is -0.127. The van der Waals surface area contributed by atoms with E-state index in [1.54, 1.807) is 0 Å². The van der Waals surface area contributed by atoms with Crippen molar-refractivity contribution in [1.82, 2.24) is 0 Å². The minimum atomic E-state index is -4.64. The van der Waals surface area contributed by atoms with Crippen LogP contribution in [0.15, 0.2) is 23.7 Å². The molecule has 0 unspecified atom stereocenters. The Morgan fingerprint density at radius 3 is 1.37 bits per heavy atom. The molecule has 0 bridgehead atoms. The van der Waals surface area contributed by atoms with E-state index in [1.165, 1.54) is 12.1 Å². The van der Waals surface area contributed by atoms with Crippen molar-refractivity contribution in [2.75, 3.05) is 0 Å². The van der Waals surface area contributed by atoms with Crippen molar-refractivity contribution in [3.05, 3.63) is 23.7 Å². The molecule has 0 aromatic heterocycles. The molecule has 0 saturated heterocycles. The van der Waals surface area contributed by atoms with Gasteiger partial charge in [0.2, 0.25) is 0 Å². The maximum absolute atomic E-state index is 11.9. The van der Waals surface area contributed by atoms with E-state index in [0.29, 0.717) is 12.5 Å². The molecule has 0 amide bonds. The Balaban J connectivity index is 4.69. The summed E-state index contributed by atoms with van der Waals surface area (Å²) >= 11 is 0. The number of nitriles is 2. The van der Waals surface area contributed by atoms with Crippen molar-refractivity contribution >= 4 is 0 Å². The van der Waals surface area contributed by atoms with Crippen LogP contribution in [-0.2, 0) is 4.74 Å². The van der Waals surface area contributed by atoms with E-state index in [1.807, 2.05) is 0 Å². The van der Waals surface area contributed by atoms with Crippen LogP contribution in [0.5, 0.6) is 0 Å². The second kappa shape index (κ2) is 6.69. The fraction of sp³-hybridized carbons (Fsp3) is 0.400. The van der Waals surface area contributed by atoms with Crippen LogP contribution < -0.4 is 0 Å². The first-order chi connectivity index (χ1) is 8.57. The monoisotopic (exact) mass is 284 g/mol. The summed E-state index contributed by atoms with van der Waals surface area (Å²) in [4.78, 5) is 0. The Hall–Kier alpha value is -2.16. The van der Waals surface area contributed by atoms with Crippen molar-refractivity contribution in [2.24, 2.45) is 0 Å². The Kier molecular flexibility index (Phi) is 5.93. The molecule has 0 aliphatic rings. The minimum absolute atomic E-state index is 0.348. The average molecular weight is 284 g/mol. The Labute approximate surface area is 104 Å². The van der Waals surface area contributed by atoms with Gasteiger partial charge in [0.15, 0.2) is 0 Å². The van der Waals surface area contributed by atoms with Gasteiger partial charge in [-0.05, 0) is 0 Å². The van der Waals surface area contributed by atoms with Gasteiger partial charge in [0.05, 0.1) is 36.1 Å². The summed E-state index contributed by atoms with van der Waals surface area (Å²) in [6, 6.07) is 2.36. The molecular weight excluding hydrogens is 278 g/mol. The topological polar surface area (TPSA) is 56.8 Å². The smallest absolute Gasteiger partial charge is 0.393 e. The lowest BCUT2D eigenvalue weighted by atomic mass is 10.2. The highest BCUT2D eigenvalue weighted by atomic mass is 19.4. The molecule has 0 N–H and O–H groups in total. The third kappa shape index (κ3) is 9.53. The number of ether oxygens (including phenoxy) is 1. The molecule has 0 spiro atoms. The first-order valence-corrected chi connectivity index (χ1v) is 4.54. The van der Waals surface area contributed by atoms with Crippen molar-refractivity contribution in [3.8, 4) is 12.1 Å². The summed E-state index contributed by atoms with van der Waals surface area (Å²) in [7, 11) is 0. The van der Waals surface area contributed by atoms with E-state index < -0.39 is 36.3 Å². The highest BCUT2D eigenvalue weighted by Gasteiger charge is 2.30. The molecule has 0 saturated carbocycles. The molecule has 9 heteroatoms. The normalized spacial score (nSPS) is 13.7. The molecule has 0 aromatic rings. The molecule has 104 valence electrons. The number of nitrogens with zero attached hydrogens (tertiary/aromatic N) is 2. The van der Waals surface area contributed by atoms with Crippen molar-refractivity contribution in [3.63, 3.8) is 0 Å². The summed E-state index contributed by atoms with van der Waals surface area (Å²) in [5.74, 6) is 0. The largest absolute Gasteiger partial charge is 0.471 e. The van der Waals surface area contributed by atoms with Gasteiger partial charge < -0.3 is 4.74 Å². The summed E-state index contributed by atoms with van der Waals surface area (Å²) in [5, 5.41) is 16.7. The number of alkyl halides is 6. The van der Waals surface area contributed by atoms with Crippen LogP contribution in [0.4, 0.5) is 26.3 Å². The summed E-state index contributed by atoms with van der Waals surface area (Å²) in [5.41, 5.74) is -1.65. The molecule has 3 nitrogen and oxygen atoms in total. The van der Waals surface area contributed by atoms with Gasteiger partial charge in [-0.25, -0.2) is 0 Å². The third-order valence-corrected chi connectivity index (χ3v) is 1.49. The third-order valence-electron chi connectivity index (χ3n) is 1.49. The van der Waals surface area contributed by atoms with Crippen LogP contribution in [0.25, 0.3) is 0 Å². The number of allylic oxidation sites excluding steroid dienone is 2. The van der Waals surface area contributed by atoms with Gasteiger partial charge in [-0.2, -0.15) is 36.9 Å². The number of halogens is 6. The summed E-state index contributed by atoms with van der Waals surface area (Å²) in [6.07, 6.45) is -11.7. The molecular formula is C10H6F6N2O. The molecule has 0 aromatic carbocycles. The lowest BCUT2D eigenvalue weighted by Crippen LogP contribution is -2.08. The Morgan fingerprint density at radius 1 is 0.842 bits per heavy atom. The van der Waals surface area contributed by atoms with E-state index >= 15 is 0 Å². The van der Waals surface area contributed by atoms with Crippen molar-refractivity contribution in [2.45, 2.75) is 25.2 Å². The quantitative estimate of drug-likeness (QED) is 0.449. The van der Waals surface area contributed by atoms with Crippen LogP contribution >= 0.6 is 0 Å². The predicted molar refractivity (Wildman–Crippen MR) is 49.8 cm³/mol. The number of rotatable bonds is 4. The highest BCUT2D eigenvalue weighted by molar-refractivity contribution is 5.22. The Morgan fingerprint density at radius 2 is 1.16 bits per heavy atom. The van der Waals surface area contributed by atoms with Gasteiger partial charge in [0.1, 0.15) is 12.5 Å². The average Bonchev–Trinajstić information content (AvgIpc) is 2.22. The fourth-order valence-corrected chi connectivity index (χ4v) is 0.845. The second-order valence-electron chi connectivity index (χ2n) is 3.23. The summed E-state index contributed by atoms with van der Waals surface area (Å²) in [6.45, 7) is 0. The van der Waals surface area contributed by atoms with Crippen LogP contribution in [0.3, 0.4) is 0 Å². The van der Waals surface area contributed by atoms with E-state index in [4.69, 9.17) is 10.5 Å². The first kappa shape index (κ1) is 16.8. The van der Waals surface area contributed by atoms with Crippen LogP contribution in [0, 0.1) is 22.7 Å². The van der Waals surface area contributed by atoms with Gasteiger partial charge in [0, 0.05) is 0 Å². The highest BCUT2D eigenvalue weighted by Crippen LogP contribution is 2.25. The SMILES string of the molecule is N#CC(=COC=C(C#N)CC(F)(F)F)CC(F)(F)F. The van der Waals surface area contributed by atoms with Gasteiger partial charge in [-0.3, -0.25) is 0 Å². The maximum atomic E-state index is 11.9. The Bertz CT molecular complexity index is 405. The van der Waals surface area contributed by atoms with Crippen molar-refractivity contribution < 1.29 is 31.1 Å². The molecule has 0 atom stereocenters. The molecule has 19 heavy (non-hydrogen) atoms. The van der Waals surface area contributed by atoms with Crippen LogP contribution in [0.1, 0.15) is 12.8 Å². The van der Waals surface area contributed by atoms with E-state index in [2.05, 4.69) is 4.74 Å². The van der Waals surface area contributed by atoms with Gasteiger partial charge in [0.25, 0.3) is 0 Å². The molecule has 0 radical (unpaired) electrons. The molecule has 0 heterocycles. The number of hydrogen-bond acceptors (Lipinski definition) is 3. The minimum Gasteiger partial charge on any atom is -0.471 e. The zero-order chi connectivity index (χ0) is 15.1. The zero-order valence-corrected chi connectivity index (χ0v) is 9.14. The molecule has 0 fully saturated rings. The van der Waals surface area contributed by atoms with Crippen molar-refractivity contribution in [1.29, 1.82) is 10.5 Å². The number of hydrogen-bond donors (Lipinski definition) is 0. The lowest BCUT2D eigenvalue weighted by Gasteiger charge is -2.05. The van der Waals surface area contributed by atoms with Crippen LogP contribution in [0.2, 0.25) is 0 Å². The standard InChI is InChI=1S/C10H6F6N2O/c11-9(12,13)1-7(3-17)5-19-6-8(4-18)2-10(14,15)16/h5-6H,1-2H2. The van der Waals surface area contributed by atoms with Crippen LogP contribution in [-0.4, -0.2) is 12.4 Å². The van der Waals surface area contributed by atoms with Gasteiger partial charge >= 0.3 is 12.4 Å². The van der Waals surface area contributed by atoms with Gasteiger partial charge in [-0.1, -0.05) is 0 Å². The van der Waals surface area contributed by atoms with Gasteiger partial charge in [-0.15, -0.1) is 0 Å². The maximum Gasteiger partial charge on any atom is 0.393 e.